The SMILES string of the molecule is CCO[C@@H](Cc1ccc(OCCc2ccccc2NC(=O)C23CC(C)C(OC(C)(C)C)CC2C3(C)C)cc1)C(=O)O. The van der Waals surface area contributed by atoms with Gasteiger partial charge in [-0.15, -0.1) is 0 Å². The molecule has 41 heavy (non-hydrogen) atoms. The molecular weight excluding hydrogens is 518 g/mol. The average Bonchev–Trinajstić information content (AvgIpc) is 3.38. The second kappa shape index (κ2) is 12.1. The summed E-state index contributed by atoms with van der Waals surface area (Å²) in [6.07, 6.45) is 2.00. The lowest BCUT2D eigenvalue weighted by atomic mass is 9.78. The fourth-order valence-electron chi connectivity index (χ4n) is 6.86. The lowest BCUT2D eigenvalue weighted by molar-refractivity contribution is -0.150. The number of para-hydroxylation sites is 1. The number of amides is 1. The Bertz CT molecular complexity index is 1220. The summed E-state index contributed by atoms with van der Waals surface area (Å²) in [4.78, 5) is 25.3. The molecule has 2 aliphatic rings. The van der Waals surface area contributed by atoms with Crippen molar-refractivity contribution in [2.24, 2.45) is 22.7 Å². The van der Waals surface area contributed by atoms with Crippen LogP contribution in [-0.2, 0) is 31.9 Å². The van der Waals surface area contributed by atoms with Crippen molar-refractivity contribution in [3.63, 3.8) is 0 Å². The summed E-state index contributed by atoms with van der Waals surface area (Å²) in [5, 5.41) is 12.6. The van der Waals surface area contributed by atoms with Crippen molar-refractivity contribution >= 4 is 17.6 Å². The molecule has 2 aliphatic carbocycles. The molecule has 0 aromatic heterocycles. The largest absolute Gasteiger partial charge is 0.493 e. The van der Waals surface area contributed by atoms with Crippen LogP contribution in [0, 0.1) is 22.7 Å². The zero-order chi connectivity index (χ0) is 30.0. The minimum Gasteiger partial charge on any atom is -0.493 e. The maximum Gasteiger partial charge on any atom is 0.333 e. The molecule has 4 unspecified atom stereocenters. The third kappa shape index (κ3) is 6.78. The second-order valence-electron chi connectivity index (χ2n) is 13.3. The molecule has 7 heteroatoms. The van der Waals surface area contributed by atoms with Crippen LogP contribution in [0.25, 0.3) is 0 Å². The van der Waals surface area contributed by atoms with Gasteiger partial charge in [-0.1, -0.05) is 51.1 Å². The van der Waals surface area contributed by atoms with Crippen molar-refractivity contribution in [1.29, 1.82) is 0 Å². The molecule has 5 atom stereocenters. The van der Waals surface area contributed by atoms with Gasteiger partial charge in [0.1, 0.15) is 5.75 Å². The number of carboxylic acid groups (broad SMARTS) is 1. The van der Waals surface area contributed by atoms with Gasteiger partial charge in [-0.2, -0.15) is 0 Å². The molecule has 4 rings (SSSR count). The number of nitrogens with one attached hydrogen (secondary N) is 1. The van der Waals surface area contributed by atoms with Crippen molar-refractivity contribution in [2.45, 2.75) is 92.0 Å². The van der Waals surface area contributed by atoms with Gasteiger partial charge < -0.3 is 24.6 Å². The van der Waals surface area contributed by atoms with E-state index in [1.54, 1.807) is 6.92 Å². The van der Waals surface area contributed by atoms with Gasteiger partial charge in [0.25, 0.3) is 0 Å². The van der Waals surface area contributed by atoms with Crippen molar-refractivity contribution in [1.82, 2.24) is 0 Å². The van der Waals surface area contributed by atoms with Crippen LogP contribution in [0.5, 0.6) is 5.75 Å². The number of hydrogen-bond acceptors (Lipinski definition) is 5. The quantitative estimate of drug-likeness (QED) is 0.304. The number of rotatable bonds is 12. The minimum atomic E-state index is -0.963. The Labute approximate surface area is 245 Å². The Morgan fingerprint density at radius 2 is 1.78 bits per heavy atom. The lowest BCUT2D eigenvalue weighted by Crippen LogP contribution is -2.40. The van der Waals surface area contributed by atoms with Crippen LogP contribution in [0.3, 0.4) is 0 Å². The summed E-state index contributed by atoms with van der Waals surface area (Å²) in [7, 11) is 0. The number of ether oxygens (including phenoxy) is 3. The van der Waals surface area contributed by atoms with Gasteiger partial charge in [0.05, 0.1) is 23.7 Å². The molecule has 7 nitrogen and oxygen atoms in total. The predicted molar refractivity (Wildman–Crippen MR) is 160 cm³/mol. The van der Waals surface area contributed by atoms with Crippen molar-refractivity contribution in [2.75, 3.05) is 18.5 Å². The molecule has 0 radical (unpaired) electrons. The van der Waals surface area contributed by atoms with Gasteiger partial charge >= 0.3 is 5.97 Å². The Morgan fingerprint density at radius 3 is 2.41 bits per heavy atom. The molecular formula is C34H47NO6. The molecule has 0 bridgehead atoms. The molecule has 2 fully saturated rings. The number of hydrogen-bond donors (Lipinski definition) is 2. The first-order chi connectivity index (χ1) is 19.3. The van der Waals surface area contributed by atoms with Gasteiger partial charge in [-0.05, 0) is 87.1 Å². The van der Waals surface area contributed by atoms with E-state index >= 15 is 0 Å². The Balaban J connectivity index is 1.36. The number of aliphatic carboxylic acids is 1. The van der Waals surface area contributed by atoms with Gasteiger partial charge in [0.15, 0.2) is 6.10 Å². The normalized spacial score (nSPS) is 25.6. The fourth-order valence-corrected chi connectivity index (χ4v) is 6.86. The lowest BCUT2D eigenvalue weighted by Gasteiger charge is -2.37. The summed E-state index contributed by atoms with van der Waals surface area (Å²) in [6.45, 7) is 15.6. The molecule has 224 valence electrons. The molecule has 2 N–H and O–H groups in total. The monoisotopic (exact) mass is 565 g/mol. The third-order valence-corrected chi connectivity index (χ3v) is 9.08. The number of fused-ring (bicyclic) bond motifs is 1. The topological polar surface area (TPSA) is 94.1 Å². The number of carboxylic acids is 1. The molecule has 2 saturated carbocycles. The van der Waals surface area contributed by atoms with Gasteiger partial charge in [-0.3, -0.25) is 4.79 Å². The molecule has 0 saturated heterocycles. The zero-order valence-corrected chi connectivity index (χ0v) is 25.7. The molecule has 1 amide bonds. The standard InChI is InChI=1S/C34H47NO6/c1-8-39-28(30(36)37)19-23-13-15-25(16-14-23)40-18-17-24-11-9-10-12-26(24)35-31(38)34-21-22(2)27(41-32(3,4)5)20-29(34)33(34,6)7/h9-16,22,27-29H,8,17-21H2,1-7H3,(H,35,38)(H,36,37)/t22?,27?,28-,29?,34?/m0/s1. The molecule has 2 aromatic rings. The van der Waals surface area contributed by atoms with E-state index in [2.05, 4.69) is 46.9 Å². The van der Waals surface area contributed by atoms with E-state index in [1.165, 1.54) is 0 Å². The van der Waals surface area contributed by atoms with E-state index in [9.17, 15) is 14.7 Å². The highest BCUT2D eigenvalue weighted by molar-refractivity contribution is 5.99. The van der Waals surface area contributed by atoms with Crippen molar-refractivity contribution in [3.05, 3.63) is 59.7 Å². The Hall–Kier alpha value is -2.90. The Morgan fingerprint density at radius 1 is 1.10 bits per heavy atom. The third-order valence-electron chi connectivity index (χ3n) is 9.08. The van der Waals surface area contributed by atoms with E-state index in [0.717, 1.165) is 29.7 Å². The van der Waals surface area contributed by atoms with Gasteiger partial charge in [-0.25, -0.2) is 4.79 Å². The average molecular weight is 566 g/mol. The van der Waals surface area contributed by atoms with Crippen LogP contribution in [0.1, 0.15) is 72.4 Å². The number of carbonyl (C=O) groups is 2. The van der Waals surface area contributed by atoms with E-state index in [1.807, 2.05) is 48.5 Å². The number of benzene rings is 2. The van der Waals surface area contributed by atoms with E-state index < -0.39 is 12.1 Å². The smallest absolute Gasteiger partial charge is 0.333 e. The maximum atomic E-state index is 13.9. The van der Waals surface area contributed by atoms with Crippen LogP contribution in [0.15, 0.2) is 48.5 Å². The van der Waals surface area contributed by atoms with E-state index in [4.69, 9.17) is 14.2 Å². The maximum absolute atomic E-state index is 13.9. The first kappa shape index (κ1) is 31.0. The van der Waals surface area contributed by atoms with Crippen LogP contribution in [0.4, 0.5) is 5.69 Å². The highest BCUT2D eigenvalue weighted by Crippen LogP contribution is 2.76. The van der Waals surface area contributed by atoms with E-state index in [0.29, 0.717) is 43.6 Å². The second-order valence-corrected chi connectivity index (χ2v) is 13.3. The van der Waals surface area contributed by atoms with Crippen LogP contribution >= 0.6 is 0 Å². The molecule has 0 aliphatic heterocycles. The summed E-state index contributed by atoms with van der Waals surface area (Å²) >= 11 is 0. The number of carbonyl (C=O) groups excluding carboxylic acids is 1. The van der Waals surface area contributed by atoms with Crippen LogP contribution < -0.4 is 10.1 Å². The van der Waals surface area contributed by atoms with Crippen molar-refractivity contribution < 1.29 is 28.9 Å². The highest BCUT2D eigenvalue weighted by atomic mass is 16.5. The summed E-state index contributed by atoms with van der Waals surface area (Å²) in [5.41, 5.74) is 2.10. The van der Waals surface area contributed by atoms with Crippen LogP contribution in [0.2, 0.25) is 0 Å². The van der Waals surface area contributed by atoms with Crippen molar-refractivity contribution in [3.8, 4) is 5.75 Å². The Kier molecular flexibility index (Phi) is 9.19. The van der Waals surface area contributed by atoms with Crippen LogP contribution in [-0.4, -0.2) is 48.0 Å². The summed E-state index contributed by atoms with van der Waals surface area (Å²) < 4.78 is 17.7. The van der Waals surface area contributed by atoms with Gasteiger partial charge in [0, 0.05) is 25.1 Å². The van der Waals surface area contributed by atoms with E-state index in [-0.39, 0.29) is 28.4 Å². The highest BCUT2D eigenvalue weighted by Gasteiger charge is 2.77. The fraction of sp³-hybridized carbons (Fsp3) is 0.588. The minimum absolute atomic E-state index is 0.0707. The van der Waals surface area contributed by atoms with Gasteiger partial charge in [0.2, 0.25) is 5.91 Å². The summed E-state index contributed by atoms with van der Waals surface area (Å²) in [6, 6.07) is 15.4. The molecule has 2 aromatic carbocycles. The molecule has 0 spiro atoms. The summed E-state index contributed by atoms with van der Waals surface area (Å²) in [5.74, 6) is 0.473. The molecule has 0 heterocycles. The predicted octanol–water partition coefficient (Wildman–Crippen LogP) is 6.53. The first-order valence-electron chi connectivity index (χ1n) is 14.9. The number of anilines is 1. The first-order valence-corrected chi connectivity index (χ1v) is 14.9. The zero-order valence-electron chi connectivity index (χ0n) is 25.7.